The minimum Gasteiger partial charge on any atom is -0.481 e. The van der Waals surface area contributed by atoms with E-state index >= 15 is 0 Å². The van der Waals surface area contributed by atoms with Crippen molar-refractivity contribution in [1.29, 1.82) is 0 Å². The third-order valence-corrected chi connectivity index (χ3v) is 4.70. The van der Waals surface area contributed by atoms with Crippen LogP contribution >= 0.6 is 0 Å². The van der Waals surface area contributed by atoms with Crippen LogP contribution in [0.25, 0.3) is 0 Å². The molecule has 0 aromatic heterocycles. The molecule has 28 heavy (non-hydrogen) atoms. The molecule has 2 N–H and O–H groups in total. The van der Waals surface area contributed by atoms with Crippen LogP contribution in [0, 0.1) is 10.1 Å². The van der Waals surface area contributed by atoms with Crippen molar-refractivity contribution >= 4 is 28.9 Å². The second-order valence-electron chi connectivity index (χ2n) is 6.73. The number of nitrogens with zero attached hydrogens (tertiary/aromatic N) is 2. The summed E-state index contributed by atoms with van der Waals surface area (Å²) in [5.41, 5.74) is 1.92. The maximum atomic E-state index is 12.9. The lowest BCUT2D eigenvalue weighted by atomic mass is 10.1. The van der Waals surface area contributed by atoms with Gasteiger partial charge in [-0.1, -0.05) is 12.1 Å². The SMILES string of the molecule is O=C(O)Cc1ccc(NC(=O)c2cc([N+](=O)[O-])ccc2N2CCCCC2)cc1. The number of nitrogens with one attached hydrogen (secondary N) is 1. The number of hydrogen-bond donors (Lipinski definition) is 2. The first-order chi connectivity index (χ1) is 13.4. The number of carbonyl (C=O) groups is 2. The van der Waals surface area contributed by atoms with Gasteiger partial charge in [-0.25, -0.2) is 0 Å². The van der Waals surface area contributed by atoms with Gasteiger partial charge in [-0.05, 0) is 43.0 Å². The summed E-state index contributed by atoms with van der Waals surface area (Å²) in [6.45, 7) is 1.62. The number of aliphatic carboxylic acids is 1. The van der Waals surface area contributed by atoms with Crippen LogP contribution in [0.1, 0.15) is 35.2 Å². The molecule has 146 valence electrons. The highest BCUT2D eigenvalue weighted by Crippen LogP contribution is 2.29. The molecule has 1 aliphatic rings. The molecule has 1 saturated heterocycles. The quantitative estimate of drug-likeness (QED) is 0.583. The zero-order valence-electron chi connectivity index (χ0n) is 15.3. The van der Waals surface area contributed by atoms with E-state index in [0.29, 0.717) is 16.9 Å². The number of non-ortho nitro benzene ring substituents is 1. The minimum absolute atomic E-state index is 0.0990. The summed E-state index contributed by atoms with van der Waals surface area (Å²) in [5.74, 6) is -1.37. The van der Waals surface area contributed by atoms with Gasteiger partial charge >= 0.3 is 5.97 Å². The Morgan fingerprint density at radius 1 is 1.07 bits per heavy atom. The molecular formula is C20H21N3O5. The molecule has 1 fully saturated rings. The summed E-state index contributed by atoms with van der Waals surface area (Å²) in [4.78, 5) is 36.3. The van der Waals surface area contributed by atoms with Gasteiger partial charge in [0.1, 0.15) is 0 Å². The number of hydrogen-bond acceptors (Lipinski definition) is 5. The Morgan fingerprint density at radius 2 is 1.75 bits per heavy atom. The predicted octanol–water partition coefficient (Wildman–Crippen LogP) is 3.46. The summed E-state index contributed by atoms with van der Waals surface area (Å²) in [7, 11) is 0. The Bertz CT molecular complexity index is 889. The van der Waals surface area contributed by atoms with Gasteiger partial charge in [0.05, 0.1) is 22.6 Å². The molecular weight excluding hydrogens is 362 g/mol. The van der Waals surface area contributed by atoms with E-state index in [1.807, 2.05) is 0 Å². The molecule has 0 spiro atoms. The smallest absolute Gasteiger partial charge is 0.307 e. The van der Waals surface area contributed by atoms with Gasteiger partial charge in [0.15, 0.2) is 0 Å². The third kappa shape index (κ3) is 4.64. The Morgan fingerprint density at radius 3 is 2.36 bits per heavy atom. The molecule has 2 aromatic carbocycles. The number of carbonyl (C=O) groups excluding carboxylic acids is 1. The van der Waals surface area contributed by atoms with Gasteiger partial charge in [0.2, 0.25) is 0 Å². The number of carboxylic acid groups (broad SMARTS) is 1. The minimum atomic E-state index is -0.931. The zero-order chi connectivity index (χ0) is 20.1. The number of piperidine rings is 1. The second-order valence-corrected chi connectivity index (χ2v) is 6.73. The van der Waals surface area contributed by atoms with E-state index in [0.717, 1.165) is 32.4 Å². The van der Waals surface area contributed by atoms with E-state index in [1.165, 1.54) is 12.1 Å². The van der Waals surface area contributed by atoms with Crippen molar-refractivity contribution in [2.45, 2.75) is 25.7 Å². The van der Waals surface area contributed by atoms with E-state index in [9.17, 15) is 19.7 Å². The number of amides is 1. The number of rotatable bonds is 6. The van der Waals surface area contributed by atoms with Crippen molar-refractivity contribution in [2.75, 3.05) is 23.3 Å². The van der Waals surface area contributed by atoms with Crippen LogP contribution in [0.2, 0.25) is 0 Å². The van der Waals surface area contributed by atoms with E-state index in [-0.39, 0.29) is 17.7 Å². The lowest BCUT2D eigenvalue weighted by molar-refractivity contribution is -0.384. The average molecular weight is 383 g/mol. The summed E-state index contributed by atoms with van der Waals surface area (Å²) in [5, 5.41) is 22.7. The molecule has 0 atom stereocenters. The number of anilines is 2. The van der Waals surface area contributed by atoms with E-state index in [2.05, 4.69) is 10.2 Å². The average Bonchev–Trinajstić information content (AvgIpc) is 2.69. The van der Waals surface area contributed by atoms with Gasteiger partial charge in [-0.3, -0.25) is 19.7 Å². The first-order valence-electron chi connectivity index (χ1n) is 9.09. The van der Waals surface area contributed by atoms with Crippen LogP contribution in [0.15, 0.2) is 42.5 Å². The molecule has 0 radical (unpaired) electrons. The zero-order valence-corrected chi connectivity index (χ0v) is 15.3. The summed E-state index contributed by atoms with van der Waals surface area (Å²) in [6.07, 6.45) is 3.07. The molecule has 0 bridgehead atoms. The molecule has 2 aromatic rings. The maximum Gasteiger partial charge on any atom is 0.307 e. The van der Waals surface area contributed by atoms with Crippen molar-refractivity contribution in [3.63, 3.8) is 0 Å². The monoisotopic (exact) mass is 383 g/mol. The Balaban J connectivity index is 1.85. The Labute approximate surface area is 161 Å². The first-order valence-corrected chi connectivity index (χ1v) is 9.09. The van der Waals surface area contributed by atoms with Gasteiger partial charge in [0.25, 0.3) is 11.6 Å². The molecule has 1 amide bonds. The maximum absolute atomic E-state index is 12.9. The van der Waals surface area contributed by atoms with Crippen molar-refractivity contribution in [1.82, 2.24) is 0 Å². The van der Waals surface area contributed by atoms with Gasteiger partial charge in [-0.2, -0.15) is 0 Å². The molecule has 1 heterocycles. The summed E-state index contributed by atoms with van der Waals surface area (Å²) >= 11 is 0. The second kappa shape index (κ2) is 8.51. The normalized spacial score (nSPS) is 13.8. The van der Waals surface area contributed by atoms with Gasteiger partial charge in [0, 0.05) is 30.9 Å². The molecule has 0 saturated carbocycles. The fraction of sp³-hybridized carbons (Fsp3) is 0.300. The molecule has 0 aliphatic carbocycles. The molecule has 8 nitrogen and oxygen atoms in total. The fourth-order valence-electron chi connectivity index (χ4n) is 3.31. The van der Waals surface area contributed by atoms with Crippen molar-refractivity contribution < 1.29 is 19.6 Å². The van der Waals surface area contributed by atoms with E-state index < -0.39 is 16.8 Å². The molecule has 3 rings (SSSR count). The highest BCUT2D eigenvalue weighted by atomic mass is 16.6. The highest BCUT2D eigenvalue weighted by molar-refractivity contribution is 6.08. The van der Waals surface area contributed by atoms with Gasteiger partial charge in [-0.15, -0.1) is 0 Å². The number of benzene rings is 2. The van der Waals surface area contributed by atoms with Crippen LogP contribution in [-0.2, 0) is 11.2 Å². The fourth-order valence-corrected chi connectivity index (χ4v) is 3.31. The van der Waals surface area contributed by atoms with Crippen molar-refractivity contribution in [2.24, 2.45) is 0 Å². The molecule has 0 unspecified atom stereocenters. The standard InChI is InChI=1S/C20H21N3O5/c24-19(25)12-14-4-6-15(7-5-14)21-20(26)17-13-16(23(27)28)8-9-18(17)22-10-2-1-3-11-22/h4-9,13H,1-3,10-12H2,(H,21,26)(H,24,25). The van der Waals surface area contributed by atoms with Crippen LogP contribution in [-0.4, -0.2) is 35.0 Å². The van der Waals surface area contributed by atoms with Gasteiger partial charge < -0.3 is 15.3 Å². The largest absolute Gasteiger partial charge is 0.481 e. The van der Waals surface area contributed by atoms with Crippen molar-refractivity contribution in [3.05, 3.63) is 63.7 Å². The summed E-state index contributed by atoms with van der Waals surface area (Å²) in [6, 6.07) is 10.8. The van der Waals surface area contributed by atoms with Crippen LogP contribution in [0.3, 0.4) is 0 Å². The predicted molar refractivity (Wildman–Crippen MR) is 105 cm³/mol. The van der Waals surface area contributed by atoms with Crippen LogP contribution in [0.4, 0.5) is 17.1 Å². The Hall–Kier alpha value is -3.42. The Kier molecular flexibility index (Phi) is 5.88. The van der Waals surface area contributed by atoms with Crippen molar-refractivity contribution in [3.8, 4) is 0 Å². The van der Waals surface area contributed by atoms with Crippen LogP contribution in [0.5, 0.6) is 0 Å². The number of nitro groups is 1. The summed E-state index contributed by atoms with van der Waals surface area (Å²) < 4.78 is 0. The van der Waals surface area contributed by atoms with E-state index in [1.54, 1.807) is 30.3 Å². The van der Waals surface area contributed by atoms with E-state index in [4.69, 9.17) is 5.11 Å². The lowest BCUT2D eigenvalue weighted by Crippen LogP contribution is -2.31. The third-order valence-electron chi connectivity index (χ3n) is 4.70. The lowest BCUT2D eigenvalue weighted by Gasteiger charge is -2.30. The first kappa shape index (κ1) is 19.3. The molecule has 8 heteroatoms. The van der Waals surface area contributed by atoms with Crippen LogP contribution < -0.4 is 10.2 Å². The topological polar surface area (TPSA) is 113 Å². The number of carboxylic acids is 1. The molecule has 1 aliphatic heterocycles. The highest BCUT2D eigenvalue weighted by Gasteiger charge is 2.22. The number of nitro benzene ring substituents is 1.